The van der Waals surface area contributed by atoms with E-state index in [0.29, 0.717) is 19.1 Å². The number of esters is 1. The normalized spacial score (nSPS) is 17.0. The third-order valence-corrected chi connectivity index (χ3v) is 4.04. The quantitative estimate of drug-likeness (QED) is 0.841. The summed E-state index contributed by atoms with van der Waals surface area (Å²) in [5.41, 5.74) is -0.451. The van der Waals surface area contributed by atoms with Crippen LogP contribution in [-0.2, 0) is 16.1 Å². The summed E-state index contributed by atoms with van der Waals surface area (Å²) in [5, 5.41) is 3.37. The second-order valence-corrected chi connectivity index (χ2v) is 7.34. The summed E-state index contributed by atoms with van der Waals surface area (Å²) < 4.78 is 8.30. The van der Waals surface area contributed by atoms with Gasteiger partial charge in [-0.2, -0.15) is 0 Å². The first-order valence-corrected chi connectivity index (χ1v) is 8.28. The molecule has 1 aromatic heterocycles. The minimum absolute atomic E-state index is 0.162. The number of hydrogen-bond donors (Lipinski definition) is 1. The van der Waals surface area contributed by atoms with Gasteiger partial charge in [0.2, 0.25) is 0 Å². The maximum absolute atomic E-state index is 11.8. The predicted molar refractivity (Wildman–Crippen MR) is 85.2 cm³/mol. The molecule has 0 radical (unpaired) electrons. The highest BCUT2D eigenvalue weighted by Gasteiger charge is 2.24. The third-order valence-electron chi connectivity index (χ3n) is 3.66. The van der Waals surface area contributed by atoms with Gasteiger partial charge in [0.1, 0.15) is 17.0 Å². The van der Waals surface area contributed by atoms with Crippen LogP contribution in [0.15, 0.2) is 10.8 Å². The van der Waals surface area contributed by atoms with E-state index in [4.69, 9.17) is 4.74 Å². The molecule has 1 aromatic rings. The van der Waals surface area contributed by atoms with Gasteiger partial charge in [0, 0.05) is 12.1 Å². The van der Waals surface area contributed by atoms with E-state index < -0.39 is 5.41 Å². The third kappa shape index (κ3) is 4.54. The summed E-state index contributed by atoms with van der Waals surface area (Å²) in [6.07, 6.45) is 4.18. The number of imidazole rings is 1. The molecule has 2 heterocycles. The summed E-state index contributed by atoms with van der Waals surface area (Å²) >= 11 is 3.45. The number of carbonyl (C=O) groups is 1. The fourth-order valence-electron chi connectivity index (χ4n) is 2.44. The van der Waals surface area contributed by atoms with E-state index in [-0.39, 0.29) is 5.97 Å². The van der Waals surface area contributed by atoms with Crippen LogP contribution in [0, 0.1) is 5.41 Å². The lowest BCUT2D eigenvalue weighted by Gasteiger charge is -2.23. The van der Waals surface area contributed by atoms with Crippen LogP contribution >= 0.6 is 15.9 Å². The number of aromatic nitrogens is 2. The van der Waals surface area contributed by atoms with Crippen LogP contribution in [0.5, 0.6) is 0 Å². The molecule has 0 spiro atoms. The number of hydrogen-bond acceptors (Lipinski definition) is 4. The number of ether oxygens (including phenoxy) is 1. The van der Waals surface area contributed by atoms with Gasteiger partial charge in [-0.1, -0.05) is 0 Å². The molecule has 2 rings (SSSR count). The largest absolute Gasteiger partial charge is 0.463 e. The highest BCUT2D eigenvalue weighted by atomic mass is 79.9. The minimum atomic E-state index is -0.451. The van der Waals surface area contributed by atoms with Crippen LogP contribution in [-0.4, -0.2) is 35.2 Å². The molecule has 1 aliphatic heterocycles. The zero-order valence-corrected chi connectivity index (χ0v) is 14.6. The molecule has 5 nitrogen and oxygen atoms in total. The molecule has 0 saturated carbocycles. The van der Waals surface area contributed by atoms with Crippen molar-refractivity contribution in [3.8, 4) is 0 Å². The zero-order valence-electron chi connectivity index (χ0n) is 13.0. The smallest absolute Gasteiger partial charge is 0.311 e. The molecule has 1 N–H and O–H groups in total. The van der Waals surface area contributed by atoms with Crippen LogP contribution in [0.1, 0.15) is 45.4 Å². The molecule has 1 saturated heterocycles. The number of nitrogens with one attached hydrogen (secondary N) is 1. The van der Waals surface area contributed by atoms with Gasteiger partial charge in [0.15, 0.2) is 0 Å². The average Bonchev–Trinajstić information content (AvgIpc) is 2.80. The highest BCUT2D eigenvalue weighted by Crippen LogP contribution is 2.26. The first-order chi connectivity index (χ1) is 9.88. The van der Waals surface area contributed by atoms with Crippen molar-refractivity contribution < 1.29 is 9.53 Å². The van der Waals surface area contributed by atoms with Crippen molar-refractivity contribution in [2.24, 2.45) is 5.41 Å². The van der Waals surface area contributed by atoms with E-state index in [1.54, 1.807) is 0 Å². The monoisotopic (exact) mass is 357 g/mol. The Morgan fingerprint density at radius 1 is 1.48 bits per heavy atom. The first kappa shape index (κ1) is 16.5. The Hall–Kier alpha value is -0.880. The summed E-state index contributed by atoms with van der Waals surface area (Å²) in [4.78, 5) is 16.4. The molecule has 0 atom stereocenters. The predicted octanol–water partition coefficient (Wildman–Crippen LogP) is 2.70. The van der Waals surface area contributed by atoms with Gasteiger partial charge in [-0.25, -0.2) is 4.98 Å². The Bertz CT molecular complexity index is 488. The average molecular weight is 358 g/mol. The number of nitrogens with zero attached hydrogens (tertiary/aromatic N) is 2. The van der Waals surface area contributed by atoms with Crippen molar-refractivity contribution >= 4 is 21.9 Å². The number of halogens is 1. The summed E-state index contributed by atoms with van der Waals surface area (Å²) in [6, 6.07) is 0. The van der Waals surface area contributed by atoms with Crippen LogP contribution in [0.2, 0.25) is 0 Å². The lowest BCUT2D eigenvalue weighted by molar-refractivity contribution is -0.153. The van der Waals surface area contributed by atoms with E-state index in [9.17, 15) is 4.79 Å². The molecule has 0 aliphatic carbocycles. The van der Waals surface area contributed by atoms with Gasteiger partial charge in [-0.15, -0.1) is 0 Å². The SMILES string of the molecule is CC(C)(C)C(=O)OCCn1cc(Br)nc1C1CCNCC1. The standard InChI is InChI=1S/C15H24BrN3O2/c1-15(2,3)14(20)21-9-8-19-10-12(16)18-13(19)11-4-6-17-7-5-11/h10-11,17H,4-9H2,1-3H3. The molecule has 0 aromatic carbocycles. The Labute approximate surface area is 134 Å². The topological polar surface area (TPSA) is 56.2 Å². The van der Waals surface area contributed by atoms with Crippen LogP contribution in [0.25, 0.3) is 0 Å². The van der Waals surface area contributed by atoms with Gasteiger partial charge in [0.25, 0.3) is 0 Å². The van der Waals surface area contributed by atoms with Gasteiger partial charge < -0.3 is 14.6 Å². The maximum Gasteiger partial charge on any atom is 0.311 e. The fourth-order valence-corrected chi connectivity index (χ4v) is 2.86. The van der Waals surface area contributed by atoms with Crippen LogP contribution in [0.4, 0.5) is 0 Å². The molecule has 0 unspecified atom stereocenters. The minimum Gasteiger partial charge on any atom is -0.463 e. The first-order valence-electron chi connectivity index (χ1n) is 7.48. The maximum atomic E-state index is 11.8. The lowest BCUT2D eigenvalue weighted by atomic mass is 9.97. The van der Waals surface area contributed by atoms with E-state index in [0.717, 1.165) is 36.4 Å². The molecular weight excluding hydrogens is 334 g/mol. The van der Waals surface area contributed by atoms with Gasteiger partial charge in [-0.3, -0.25) is 4.79 Å². The Morgan fingerprint density at radius 3 is 2.76 bits per heavy atom. The van der Waals surface area contributed by atoms with Crippen LogP contribution < -0.4 is 5.32 Å². The zero-order chi connectivity index (χ0) is 15.5. The molecule has 1 aliphatic rings. The van der Waals surface area contributed by atoms with E-state index in [1.165, 1.54) is 0 Å². The molecule has 1 fully saturated rings. The number of rotatable bonds is 4. The second-order valence-electron chi connectivity index (χ2n) is 6.53. The van der Waals surface area contributed by atoms with E-state index >= 15 is 0 Å². The van der Waals surface area contributed by atoms with Crippen LogP contribution in [0.3, 0.4) is 0 Å². The Morgan fingerprint density at radius 2 is 2.14 bits per heavy atom. The van der Waals surface area contributed by atoms with Crippen molar-refractivity contribution in [1.82, 2.24) is 14.9 Å². The number of carbonyl (C=O) groups excluding carboxylic acids is 1. The summed E-state index contributed by atoms with van der Waals surface area (Å²) in [6.45, 7) is 8.70. The molecular formula is C15H24BrN3O2. The second kappa shape index (κ2) is 6.92. The van der Waals surface area contributed by atoms with E-state index in [2.05, 4.69) is 30.8 Å². The summed E-state index contributed by atoms with van der Waals surface area (Å²) in [7, 11) is 0. The van der Waals surface area contributed by atoms with Gasteiger partial charge >= 0.3 is 5.97 Å². The van der Waals surface area contributed by atoms with Crippen molar-refractivity contribution in [3.05, 3.63) is 16.6 Å². The highest BCUT2D eigenvalue weighted by molar-refractivity contribution is 9.10. The van der Waals surface area contributed by atoms with E-state index in [1.807, 2.05) is 27.0 Å². The molecule has 118 valence electrons. The van der Waals surface area contributed by atoms with Crippen molar-refractivity contribution in [2.75, 3.05) is 19.7 Å². The summed E-state index contributed by atoms with van der Waals surface area (Å²) in [5.74, 6) is 1.41. The van der Waals surface area contributed by atoms with Crippen molar-refractivity contribution in [1.29, 1.82) is 0 Å². The molecule has 6 heteroatoms. The lowest BCUT2D eigenvalue weighted by Crippen LogP contribution is -2.28. The van der Waals surface area contributed by atoms with Gasteiger partial charge in [-0.05, 0) is 62.6 Å². The molecule has 0 amide bonds. The fraction of sp³-hybridized carbons (Fsp3) is 0.733. The Balaban J connectivity index is 1.95. The Kier molecular flexibility index (Phi) is 5.43. The number of piperidine rings is 1. The molecule has 21 heavy (non-hydrogen) atoms. The van der Waals surface area contributed by atoms with Gasteiger partial charge in [0.05, 0.1) is 12.0 Å². The van der Waals surface area contributed by atoms with Crippen molar-refractivity contribution in [2.45, 2.75) is 46.1 Å². The van der Waals surface area contributed by atoms with Crippen molar-refractivity contribution in [3.63, 3.8) is 0 Å². The molecule has 0 bridgehead atoms.